The lowest BCUT2D eigenvalue weighted by atomic mass is 9.95. The monoisotopic (exact) mass is 810 g/mol. The highest BCUT2D eigenvalue weighted by molar-refractivity contribution is 5.96. The molecule has 2 aromatic heterocycles. The highest BCUT2D eigenvalue weighted by Crippen LogP contribution is 2.33. The van der Waals surface area contributed by atoms with E-state index in [0.717, 1.165) is 56.6 Å². The van der Waals surface area contributed by atoms with Crippen molar-refractivity contribution in [3.63, 3.8) is 0 Å². The van der Waals surface area contributed by atoms with E-state index in [-0.39, 0.29) is 40.7 Å². The number of hydrogen-bond donors (Lipinski definition) is 3. The topological polar surface area (TPSA) is 142 Å². The lowest BCUT2D eigenvalue weighted by Gasteiger charge is -2.33. The van der Waals surface area contributed by atoms with Crippen LogP contribution in [0.15, 0.2) is 48.9 Å². The Morgan fingerprint density at radius 1 is 0.966 bits per heavy atom. The summed E-state index contributed by atoms with van der Waals surface area (Å²) < 4.78 is 65.7. The van der Waals surface area contributed by atoms with E-state index < -0.39 is 29.6 Å². The third-order valence-corrected chi connectivity index (χ3v) is 10.3. The molecule has 0 spiro atoms. The highest BCUT2D eigenvalue weighted by atomic mass is 19.3. The Hall–Kier alpha value is -5.45. The van der Waals surface area contributed by atoms with Crippen molar-refractivity contribution < 1.29 is 41.4 Å². The van der Waals surface area contributed by atoms with Crippen LogP contribution in [-0.2, 0) is 16.0 Å². The molecular weight excluding hydrogens is 760 g/mol. The SMILES string of the molecule is CCc1cc(Nc2nccn3c(-c4ccc(OC(F)F)c(F)c4F)cnc23)ccc1C(=O)NCCCNC(=O)C1CCN(CC2CCN(C(=O)OC(C)(C)C)C2)CC1. The second-order valence-corrected chi connectivity index (χ2v) is 15.6. The summed E-state index contributed by atoms with van der Waals surface area (Å²) in [5.41, 5.74) is 1.62. The summed E-state index contributed by atoms with van der Waals surface area (Å²) in [5.74, 6) is -3.37. The van der Waals surface area contributed by atoms with Crippen molar-refractivity contribution in [2.24, 2.45) is 11.8 Å². The predicted octanol–water partition coefficient (Wildman–Crippen LogP) is 6.79. The minimum absolute atomic E-state index is 0.0356. The number of carbonyl (C=O) groups is 3. The first-order valence-electron chi connectivity index (χ1n) is 19.6. The zero-order valence-corrected chi connectivity index (χ0v) is 33.1. The van der Waals surface area contributed by atoms with Crippen molar-refractivity contribution in [3.05, 3.63) is 71.7 Å². The van der Waals surface area contributed by atoms with E-state index in [1.165, 1.54) is 23.0 Å². The molecule has 1 atom stereocenters. The molecular formula is C41H50F4N8O5. The van der Waals surface area contributed by atoms with E-state index in [1.807, 2.05) is 33.8 Å². The van der Waals surface area contributed by atoms with Crippen molar-refractivity contribution >= 4 is 35.1 Å². The Morgan fingerprint density at radius 3 is 2.45 bits per heavy atom. The number of amides is 3. The number of benzene rings is 2. The van der Waals surface area contributed by atoms with Gasteiger partial charge in [-0.05, 0) is 108 Å². The fraction of sp³-hybridized carbons (Fsp3) is 0.488. The van der Waals surface area contributed by atoms with Gasteiger partial charge in [-0.2, -0.15) is 13.2 Å². The van der Waals surface area contributed by atoms with Crippen molar-refractivity contribution in [3.8, 4) is 17.0 Å². The van der Waals surface area contributed by atoms with Gasteiger partial charge in [0.2, 0.25) is 11.7 Å². The van der Waals surface area contributed by atoms with E-state index in [4.69, 9.17) is 4.74 Å². The summed E-state index contributed by atoms with van der Waals surface area (Å²) in [6, 6.07) is 7.30. The number of imidazole rings is 1. The molecule has 58 heavy (non-hydrogen) atoms. The van der Waals surface area contributed by atoms with E-state index >= 15 is 0 Å². The number of anilines is 2. The number of piperidine rings is 1. The Kier molecular flexibility index (Phi) is 13.4. The summed E-state index contributed by atoms with van der Waals surface area (Å²) in [4.78, 5) is 51.4. The van der Waals surface area contributed by atoms with Gasteiger partial charge in [0, 0.05) is 67.8 Å². The fourth-order valence-corrected chi connectivity index (χ4v) is 7.40. The van der Waals surface area contributed by atoms with Gasteiger partial charge in [0.25, 0.3) is 5.91 Å². The molecule has 0 aliphatic carbocycles. The van der Waals surface area contributed by atoms with Crippen LogP contribution >= 0.6 is 0 Å². The second kappa shape index (κ2) is 18.4. The summed E-state index contributed by atoms with van der Waals surface area (Å²) >= 11 is 0. The molecule has 2 aliphatic heterocycles. The van der Waals surface area contributed by atoms with Crippen LogP contribution in [0.2, 0.25) is 0 Å². The summed E-state index contributed by atoms with van der Waals surface area (Å²) in [7, 11) is 0. The maximum Gasteiger partial charge on any atom is 0.410 e. The molecule has 4 aromatic rings. The van der Waals surface area contributed by atoms with Gasteiger partial charge in [-0.1, -0.05) is 6.92 Å². The normalized spacial score (nSPS) is 16.5. The van der Waals surface area contributed by atoms with Crippen molar-refractivity contribution in [2.75, 3.05) is 51.1 Å². The number of nitrogens with one attached hydrogen (secondary N) is 3. The van der Waals surface area contributed by atoms with Gasteiger partial charge < -0.3 is 35.2 Å². The van der Waals surface area contributed by atoms with Gasteiger partial charge in [0.15, 0.2) is 23.0 Å². The molecule has 13 nitrogen and oxygen atoms in total. The van der Waals surface area contributed by atoms with Crippen molar-refractivity contribution in [1.82, 2.24) is 34.8 Å². The predicted molar refractivity (Wildman–Crippen MR) is 209 cm³/mol. The number of aryl methyl sites for hydroxylation is 1. The summed E-state index contributed by atoms with van der Waals surface area (Å²) in [6.45, 7) is 9.03. The quantitative estimate of drug-likeness (QED) is 0.0928. The van der Waals surface area contributed by atoms with Crippen LogP contribution in [0, 0.1) is 23.5 Å². The molecule has 2 saturated heterocycles. The number of halogens is 4. The molecule has 3 amide bonds. The van der Waals surface area contributed by atoms with Crippen molar-refractivity contribution in [2.45, 2.75) is 72.0 Å². The summed E-state index contributed by atoms with van der Waals surface area (Å²) in [6.07, 6.45) is 7.64. The molecule has 6 rings (SSSR count). The zero-order valence-electron chi connectivity index (χ0n) is 33.1. The van der Waals surface area contributed by atoms with Crippen LogP contribution < -0.4 is 20.7 Å². The Balaban J connectivity index is 0.943. The van der Waals surface area contributed by atoms with Crippen LogP contribution in [-0.4, -0.2) is 100 Å². The molecule has 312 valence electrons. The molecule has 0 saturated carbocycles. The van der Waals surface area contributed by atoms with Gasteiger partial charge >= 0.3 is 12.7 Å². The number of likely N-dealkylation sites (tertiary alicyclic amines) is 2. The molecule has 3 N–H and O–H groups in total. The number of hydrogen-bond acceptors (Lipinski definition) is 9. The second-order valence-electron chi connectivity index (χ2n) is 15.6. The van der Waals surface area contributed by atoms with Gasteiger partial charge in [0.05, 0.1) is 11.9 Å². The Bertz CT molecular complexity index is 2100. The molecule has 0 radical (unpaired) electrons. The number of carbonyl (C=O) groups excluding carboxylic acids is 3. The van der Waals surface area contributed by atoms with E-state index in [0.29, 0.717) is 62.0 Å². The largest absolute Gasteiger partial charge is 0.444 e. The smallest absolute Gasteiger partial charge is 0.410 e. The van der Waals surface area contributed by atoms with Crippen molar-refractivity contribution in [1.29, 1.82) is 0 Å². The lowest BCUT2D eigenvalue weighted by Crippen LogP contribution is -2.43. The molecule has 0 bridgehead atoms. The van der Waals surface area contributed by atoms with Crippen LogP contribution in [0.5, 0.6) is 5.75 Å². The van der Waals surface area contributed by atoms with Crippen LogP contribution in [0.25, 0.3) is 16.9 Å². The minimum atomic E-state index is -3.31. The third kappa shape index (κ3) is 10.3. The Labute approximate surface area is 334 Å². The first kappa shape index (κ1) is 42.2. The van der Waals surface area contributed by atoms with Gasteiger partial charge in [-0.25, -0.2) is 19.2 Å². The number of fused-ring (bicyclic) bond motifs is 1. The van der Waals surface area contributed by atoms with Gasteiger partial charge in [0.1, 0.15) is 5.60 Å². The molecule has 4 heterocycles. The first-order valence-corrected chi connectivity index (χ1v) is 19.6. The molecule has 1 unspecified atom stereocenters. The van der Waals surface area contributed by atoms with Gasteiger partial charge in [-0.15, -0.1) is 0 Å². The minimum Gasteiger partial charge on any atom is -0.444 e. The van der Waals surface area contributed by atoms with E-state index in [2.05, 4.69) is 35.6 Å². The molecule has 17 heteroatoms. The number of alkyl halides is 2. The average molecular weight is 811 g/mol. The summed E-state index contributed by atoms with van der Waals surface area (Å²) in [5, 5.41) is 9.15. The number of nitrogens with zero attached hydrogens (tertiary/aromatic N) is 5. The zero-order chi connectivity index (χ0) is 41.6. The van der Waals surface area contributed by atoms with E-state index in [9.17, 15) is 31.9 Å². The average Bonchev–Trinajstić information content (AvgIpc) is 3.84. The molecule has 2 fully saturated rings. The Morgan fingerprint density at radius 2 is 1.72 bits per heavy atom. The maximum atomic E-state index is 14.9. The molecule has 2 aliphatic rings. The third-order valence-electron chi connectivity index (χ3n) is 10.3. The number of ether oxygens (including phenoxy) is 2. The van der Waals surface area contributed by atoms with Gasteiger partial charge in [-0.3, -0.25) is 14.0 Å². The number of aromatic nitrogens is 3. The fourth-order valence-electron chi connectivity index (χ4n) is 7.40. The van der Waals surface area contributed by atoms with E-state index in [1.54, 1.807) is 17.0 Å². The maximum absolute atomic E-state index is 14.9. The number of rotatable bonds is 14. The molecule has 2 aromatic carbocycles. The van der Waals surface area contributed by atoms with Crippen LogP contribution in [0.4, 0.5) is 33.9 Å². The van der Waals surface area contributed by atoms with Crippen LogP contribution in [0.3, 0.4) is 0 Å². The lowest BCUT2D eigenvalue weighted by molar-refractivity contribution is -0.126. The first-order chi connectivity index (χ1) is 27.7. The standard InChI is InChI=1S/C41H50F4N8O5/c1-5-26-21-28(50-35-36-49-22-31(53(36)20-16-46-35)30-9-10-32(57-39(44)45)34(43)33(30)42)7-8-29(26)38(55)48-15-6-14-47-37(54)27-12-17-51(18-13-27)23-25-11-19-52(24-25)40(56)58-41(2,3)4/h7-10,16,20-22,25,27,39H,5-6,11-15,17-19,23-24H2,1-4H3,(H,46,50)(H,47,54)(H,48,55). The van der Waals surface area contributed by atoms with Crippen LogP contribution in [0.1, 0.15) is 69.3 Å². The highest BCUT2D eigenvalue weighted by Gasteiger charge is 2.32.